The van der Waals surface area contributed by atoms with E-state index in [9.17, 15) is 4.79 Å². The maximum absolute atomic E-state index is 13.0. The Labute approximate surface area is 176 Å². The molecule has 4 aromatic rings. The molecular weight excluding hydrogens is 372 g/mol. The van der Waals surface area contributed by atoms with E-state index in [1.165, 1.54) is 0 Å². The van der Waals surface area contributed by atoms with Gasteiger partial charge in [-0.3, -0.25) is 0 Å². The van der Waals surface area contributed by atoms with Gasteiger partial charge in [-0.05, 0) is 34.9 Å². The first-order valence-corrected chi connectivity index (χ1v) is 9.97. The van der Waals surface area contributed by atoms with E-state index in [1.54, 1.807) is 6.20 Å². The molecule has 0 spiro atoms. The zero-order valence-electron chi connectivity index (χ0n) is 16.7. The first kappa shape index (κ1) is 19.5. The highest BCUT2D eigenvalue weighted by atomic mass is 16.2. The molecule has 2 amide bonds. The number of benzene rings is 3. The fourth-order valence-electron chi connectivity index (χ4n) is 3.33. The van der Waals surface area contributed by atoms with E-state index >= 15 is 0 Å². The summed E-state index contributed by atoms with van der Waals surface area (Å²) >= 11 is 0. The van der Waals surface area contributed by atoms with Gasteiger partial charge in [0.1, 0.15) is 0 Å². The van der Waals surface area contributed by atoms with Crippen molar-refractivity contribution in [1.29, 1.82) is 0 Å². The molecule has 0 saturated carbocycles. The maximum Gasteiger partial charge on any atom is 0.318 e. The van der Waals surface area contributed by atoms with Crippen molar-refractivity contribution in [2.75, 3.05) is 0 Å². The monoisotopic (exact) mass is 396 g/mol. The van der Waals surface area contributed by atoms with Gasteiger partial charge in [0.05, 0.1) is 5.69 Å². The Morgan fingerprint density at radius 2 is 1.43 bits per heavy atom. The van der Waals surface area contributed by atoms with Crippen LogP contribution >= 0.6 is 0 Å². The molecule has 150 valence electrons. The van der Waals surface area contributed by atoms with Crippen LogP contribution in [0.3, 0.4) is 0 Å². The average molecular weight is 396 g/mol. The van der Waals surface area contributed by atoms with Crippen molar-refractivity contribution in [1.82, 2.24) is 20.0 Å². The largest absolute Gasteiger partial charge is 0.334 e. The van der Waals surface area contributed by atoms with Crippen LogP contribution in [-0.4, -0.2) is 20.7 Å². The molecule has 0 atom stereocenters. The van der Waals surface area contributed by atoms with Gasteiger partial charge in [0.25, 0.3) is 0 Å². The van der Waals surface area contributed by atoms with Crippen molar-refractivity contribution in [2.45, 2.75) is 19.6 Å². The molecule has 0 aliphatic carbocycles. The molecule has 0 saturated heterocycles. The van der Waals surface area contributed by atoms with E-state index in [0.717, 1.165) is 22.4 Å². The van der Waals surface area contributed by atoms with Gasteiger partial charge in [0.2, 0.25) is 0 Å². The van der Waals surface area contributed by atoms with Gasteiger partial charge >= 0.3 is 6.03 Å². The van der Waals surface area contributed by atoms with E-state index < -0.39 is 0 Å². The molecule has 3 aromatic carbocycles. The van der Waals surface area contributed by atoms with Gasteiger partial charge in [-0.15, -0.1) is 0 Å². The Morgan fingerprint density at radius 3 is 2.03 bits per heavy atom. The van der Waals surface area contributed by atoms with Gasteiger partial charge in [0, 0.05) is 32.0 Å². The third-order valence-corrected chi connectivity index (χ3v) is 4.84. The summed E-state index contributed by atoms with van der Waals surface area (Å²) in [4.78, 5) is 14.9. The van der Waals surface area contributed by atoms with E-state index in [1.807, 2.05) is 107 Å². The van der Waals surface area contributed by atoms with Crippen LogP contribution in [0.4, 0.5) is 4.79 Å². The summed E-state index contributed by atoms with van der Waals surface area (Å²) in [6.07, 6.45) is 3.65. The Balaban J connectivity index is 1.45. The van der Waals surface area contributed by atoms with Crippen LogP contribution in [0, 0.1) is 0 Å². The van der Waals surface area contributed by atoms with Gasteiger partial charge < -0.3 is 10.2 Å². The summed E-state index contributed by atoms with van der Waals surface area (Å²) < 4.78 is 1.81. The highest BCUT2D eigenvalue weighted by Crippen LogP contribution is 2.12. The first-order valence-electron chi connectivity index (χ1n) is 9.97. The Morgan fingerprint density at radius 1 is 0.800 bits per heavy atom. The Kier molecular flexibility index (Phi) is 6.20. The predicted molar refractivity (Wildman–Crippen MR) is 118 cm³/mol. The van der Waals surface area contributed by atoms with Crippen molar-refractivity contribution in [3.05, 3.63) is 120 Å². The minimum Gasteiger partial charge on any atom is -0.334 e. The third-order valence-electron chi connectivity index (χ3n) is 4.84. The molecule has 30 heavy (non-hydrogen) atoms. The summed E-state index contributed by atoms with van der Waals surface area (Å²) in [5.41, 5.74) is 4.20. The van der Waals surface area contributed by atoms with E-state index in [2.05, 4.69) is 10.4 Å². The van der Waals surface area contributed by atoms with E-state index in [0.29, 0.717) is 19.6 Å². The van der Waals surface area contributed by atoms with Crippen molar-refractivity contribution >= 4 is 6.03 Å². The minimum absolute atomic E-state index is 0.0906. The molecule has 0 unspecified atom stereocenters. The number of amides is 2. The van der Waals surface area contributed by atoms with Crippen LogP contribution in [0.25, 0.3) is 5.69 Å². The molecule has 0 fully saturated rings. The van der Waals surface area contributed by atoms with Crippen LogP contribution in [0.5, 0.6) is 0 Å². The molecule has 0 aliphatic rings. The van der Waals surface area contributed by atoms with Gasteiger partial charge in [0.15, 0.2) is 0 Å². The molecule has 0 aliphatic heterocycles. The Hall–Kier alpha value is -3.86. The number of nitrogens with one attached hydrogen (secondary N) is 1. The highest BCUT2D eigenvalue weighted by Gasteiger charge is 2.14. The molecule has 0 radical (unpaired) electrons. The molecule has 5 nitrogen and oxygen atoms in total. The summed E-state index contributed by atoms with van der Waals surface area (Å²) in [5.74, 6) is 0. The zero-order valence-corrected chi connectivity index (χ0v) is 16.7. The highest BCUT2D eigenvalue weighted by molar-refractivity contribution is 5.74. The van der Waals surface area contributed by atoms with Crippen LogP contribution in [-0.2, 0) is 19.6 Å². The summed E-state index contributed by atoms with van der Waals surface area (Å²) in [5, 5.41) is 7.34. The lowest BCUT2D eigenvalue weighted by Gasteiger charge is -2.23. The Bertz CT molecular complexity index is 1020. The van der Waals surface area contributed by atoms with Gasteiger partial charge in [-0.2, -0.15) is 5.10 Å². The number of rotatable bonds is 7. The lowest BCUT2D eigenvalue weighted by molar-refractivity contribution is 0.192. The molecule has 4 rings (SSSR count). The van der Waals surface area contributed by atoms with Crippen molar-refractivity contribution in [2.24, 2.45) is 0 Å². The second-order valence-electron chi connectivity index (χ2n) is 7.11. The van der Waals surface area contributed by atoms with Crippen molar-refractivity contribution in [3.8, 4) is 5.69 Å². The number of urea groups is 1. The molecule has 5 heteroatoms. The summed E-state index contributed by atoms with van der Waals surface area (Å²) in [6, 6.07) is 29.9. The lowest BCUT2D eigenvalue weighted by Crippen LogP contribution is -2.38. The van der Waals surface area contributed by atoms with Gasteiger partial charge in [-0.25, -0.2) is 9.48 Å². The fourth-order valence-corrected chi connectivity index (χ4v) is 3.33. The van der Waals surface area contributed by atoms with Crippen LogP contribution in [0.1, 0.15) is 16.7 Å². The quantitative estimate of drug-likeness (QED) is 0.489. The zero-order chi connectivity index (χ0) is 20.6. The van der Waals surface area contributed by atoms with Crippen molar-refractivity contribution < 1.29 is 4.79 Å². The smallest absolute Gasteiger partial charge is 0.318 e. The maximum atomic E-state index is 13.0. The standard InChI is InChI=1S/C25H24N4O/c30-25(26-18-23-13-7-14-24(17-23)29-16-8-15-27-29)28(19-21-9-3-1-4-10-21)20-22-11-5-2-6-12-22/h1-17H,18-20H2,(H,26,30). The number of aromatic nitrogens is 2. The lowest BCUT2D eigenvalue weighted by atomic mass is 10.1. The van der Waals surface area contributed by atoms with Crippen LogP contribution < -0.4 is 5.32 Å². The second kappa shape index (κ2) is 9.56. The SMILES string of the molecule is O=C(NCc1cccc(-n2cccn2)c1)N(Cc1ccccc1)Cc1ccccc1. The number of hydrogen-bond acceptors (Lipinski definition) is 2. The van der Waals surface area contributed by atoms with E-state index in [4.69, 9.17) is 0 Å². The molecule has 1 aromatic heterocycles. The molecule has 1 N–H and O–H groups in total. The summed E-state index contributed by atoms with van der Waals surface area (Å²) in [7, 11) is 0. The topological polar surface area (TPSA) is 50.2 Å². The fraction of sp³-hybridized carbons (Fsp3) is 0.120. The average Bonchev–Trinajstić information content (AvgIpc) is 3.34. The predicted octanol–water partition coefficient (Wildman–Crippen LogP) is 4.78. The normalized spacial score (nSPS) is 10.5. The number of carbonyl (C=O) groups is 1. The molecule has 0 bridgehead atoms. The molecule has 1 heterocycles. The third kappa shape index (κ3) is 5.14. The van der Waals surface area contributed by atoms with Crippen LogP contribution in [0.2, 0.25) is 0 Å². The minimum atomic E-state index is -0.0906. The van der Waals surface area contributed by atoms with E-state index in [-0.39, 0.29) is 6.03 Å². The van der Waals surface area contributed by atoms with Crippen LogP contribution in [0.15, 0.2) is 103 Å². The van der Waals surface area contributed by atoms with Gasteiger partial charge in [-0.1, -0.05) is 72.8 Å². The number of hydrogen-bond donors (Lipinski definition) is 1. The summed E-state index contributed by atoms with van der Waals surface area (Å²) in [6.45, 7) is 1.55. The number of carbonyl (C=O) groups excluding carboxylic acids is 1. The second-order valence-corrected chi connectivity index (χ2v) is 7.11. The first-order chi connectivity index (χ1) is 14.8. The number of nitrogens with zero attached hydrogens (tertiary/aromatic N) is 3. The molecular formula is C25H24N4O. The van der Waals surface area contributed by atoms with Crippen molar-refractivity contribution in [3.63, 3.8) is 0 Å².